The van der Waals surface area contributed by atoms with Crippen LogP contribution in [0.4, 0.5) is 8.78 Å². The smallest absolute Gasteiger partial charge is 0.309 e. The number of aryl methyl sites for hydroxylation is 1. The summed E-state index contributed by atoms with van der Waals surface area (Å²) >= 11 is 0. The Hall–Kier alpha value is -2.43. The van der Waals surface area contributed by atoms with Crippen LogP contribution in [0.5, 0.6) is 5.75 Å². The summed E-state index contributed by atoms with van der Waals surface area (Å²) in [6.45, 7) is 1.92. The first kappa shape index (κ1) is 18.4. The van der Waals surface area contributed by atoms with Crippen molar-refractivity contribution < 1.29 is 23.0 Å². The van der Waals surface area contributed by atoms with E-state index in [1.54, 1.807) is 19.1 Å². The molecule has 1 fully saturated rings. The Bertz CT molecular complexity index is 798. The van der Waals surface area contributed by atoms with Crippen molar-refractivity contribution in [2.45, 2.75) is 45.1 Å². The highest BCUT2D eigenvalue weighted by Gasteiger charge is 2.28. The summed E-state index contributed by atoms with van der Waals surface area (Å²) in [5.41, 5.74) is 3.52. The van der Waals surface area contributed by atoms with Crippen LogP contribution in [-0.2, 0) is 22.6 Å². The maximum atomic E-state index is 13.3. The molecule has 0 spiro atoms. The third-order valence-corrected chi connectivity index (χ3v) is 4.66. The maximum absolute atomic E-state index is 13.3. The average molecular weight is 360 g/mol. The highest BCUT2D eigenvalue weighted by Crippen LogP contribution is 2.43. The van der Waals surface area contributed by atoms with Gasteiger partial charge in [-0.15, -0.1) is 0 Å². The normalized spacial score (nSPS) is 13.7. The van der Waals surface area contributed by atoms with Gasteiger partial charge in [-0.1, -0.05) is 29.8 Å². The topological polar surface area (TPSA) is 35.5 Å². The van der Waals surface area contributed by atoms with Crippen LogP contribution in [-0.4, -0.2) is 13.1 Å². The number of ether oxygens (including phenoxy) is 2. The molecule has 0 amide bonds. The lowest BCUT2D eigenvalue weighted by molar-refractivity contribution is -0.139. The van der Waals surface area contributed by atoms with E-state index in [1.807, 2.05) is 18.2 Å². The number of hydrogen-bond donors (Lipinski definition) is 0. The number of rotatable bonds is 7. The molecule has 0 aliphatic heterocycles. The summed E-state index contributed by atoms with van der Waals surface area (Å²) < 4.78 is 37.2. The van der Waals surface area contributed by atoms with Gasteiger partial charge in [0, 0.05) is 0 Å². The number of benzene rings is 2. The zero-order valence-corrected chi connectivity index (χ0v) is 14.9. The molecule has 0 atom stereocenters. The molecular weight excluding hydrogens is 338 g/mol. The fourth-order valence-corrected chi connectivity index (χ4v) is 3.12. The van der Waals surface area contributed by atoms with Crippen LogP contribution in [0.25, 0.3) is 0 Å². The lowest BCUT2D eigenvalue weighted by atomic mass is 9.96. The number of carbonyl (C=O) groups excluding carboxylic acids is 1. The Labute approximate surface area is 151 Å². The molecule has 0 saturated heterocycles. The van der Waals surface area contributed by atoms with Gasteiger partial charge in [-0.05, 0) is 54.5 Å². The summed E-state index contributed by atoms with van der Waals surface area (Å²) in [5.74, 6) is 0.307. The first-order chi connectivity index (χ1) is 12.5. The molecule has 3 rings (SSSR count). The van der Waals surface area contributed by atoms with Crippen LogP contribution in [0.1, 0.15) is 53.0 Å². The summed E-state index contributed by atoms with van der Waals surface area (Å²) in [4.78, 5) is 11.7. The molecule has 0 radical (unpaired) electrons. The molecule has 3 nitrogen and oxygen atoms in total. The third-order valence-electron chi connectivity index (χ3n) is 4.66. The lowest BCUT2D eigenvalue weighted by Gasteiger charge is -2.17. The van der Waals surface area contributed by atoms with Gasteiger partial charge in [0.15, 0.2) is 0 Å². The van der Waals surface area contributed by atoms with Crippen molar-refractivity contribution in [1.29, 1.82) is 0 Å². The van der Waals surface area contributed by atoms with Crippen molar-refractivity contribution in [3.8, 4) is 5.75 Å². The van der Waals surface area contributed by atoms with Crippen LogP contribution < -0.4 is 4.74 Å². The predicted molar refractivity (Wildman–Crippen MR) is 94.6 cm³/mol. The number of hydrogen-bond acceptors (Lipinski definition) is 3. The molecule has 1 aliphatic rings. The molecule has 0 unspecified atom stereocenters. The molecule has 0 heterocycles. The van der Waals surface area contributed by atoms with Gasteiger partial charge >= 0.3 is 5.97 Å². The molecule has 0 bridgehead atoms. The largest absolute Gasteiger partial charge is 0.488 e. The van der Waals surface area contributed by atoms with Gasteiger partial charge in [-0.2, -0.15) is 0 Å². The van der Waals surface area contributed by atoms with E-state index >= 15 is 0 Å². The first-order valence-corrected chi connectivity index (χ1v) is 8.68. The lowest BCUT2D eigenvalue weighted by Crippen LogP contribution is -2.11. The van der Waals surface area contributed by atoms with Gasteiger partial charge < -0.3 is 9.47 Å². The molecule has 1 aliphatic carbocycles. The third kappa shape index (κ3) is 4.21. The first-order valence-electron chi connectivity index (χ1n) is 8.68. The van der Waals surface area contributed by atoms with Crippen LogP contribution in [0, 0.1) is 6.92 Å². The van der Waals surface area contributed by atoms with Crippen molar-refractivity contribution in [3.05, 3.63) is 64.2 Å². The van der Waals surface area contributed by atoms with Crippen LogP contribution in [0.2, 0.25) is 0 Å². The van der Waals surface area contributed by atoms with E-state index in [4.69, 9.17) is 9.47 Å². The van der Waals surface area contributed by atoms with Gasteiger partial charge in [0.05, 0.1) is 19.1 Å². The standard InChI is InChI=1S/C21H22F2O3/c1-13-6-9-19(17(10-13)21(22)23)26-12-18-15(11-20(24)25-2)4-3-5-16(18)14-7-8-14/h3-6,9-10,14,21H,7-8,11-12H2,1-2H3. The molecule has 2 aromatic rings. The molecule has 0 aromatic heterocycles. The summed E-state index contributed by atoms with van der Waals surface area (Å²) in [7, 11) is 1.35. The van der Waals surface area contributed by atoms with E-state index in [0.717, 1.165) is 35.1 Å². The van der Waals surface area contributed by atoms with Crippen molar-refractivity contribution >= 4 is 5.97 Å². The quantitative estimate of drug-likeness (QED) is 0.644. The van der Waals surface area contributed by atoms with Gasteiger partial charge in [-0.3, -0.25) is 4.79 Å². The van der Waals surface area contributed by atoms with Crippen molar-refractivity contribution in [1.82, 2.24) is 0 Å². The number of halogens is 2. The molecule has 2 aromatic carbocycles. The number of carbonyl (C=O) groups is 1. The van der Waals surface area contributed by atoms with E-state index in [2.05, 4.69) is 0 Å². The summed E-state index contributed by atoms with van der Waals surface area (Å²) in [5, 5.41) is 0. The molecule has 5 heteroatoms. The van der Waals surface area contributed by atoms with Crippen LogP contribution >= 0.6 is 0 Å². The fraction of sp³-hybridized carbons (Fsp3) is 0.381. The van der Waals surface area contributed by atoms with Crippen LogP contribution in [0.3, 0.4) is 0 Å². The Morgan fingerprint density at radius 1 is 1.23 bits per heavy atom. The number of alkyl halides is 2. The van der Waals surface area contributed by atoms with Crippen molar-refractivity contribution in [2.24, 2.45) is 0 Å². The number of esters is 1. The predicted octanol–water partition coefficient (Wildman–Crippen LogP) is 5.10. The van der Waals surface area contributed by atoms with E-state index in [0.29, 0.717) is 5.92 Å². The van der Waals surface area contributed by atoms with Crippen LogP contribution in [0.15, 0.2) is 36.4 Å². The summed E-state index contributed by atoms with van der Waals surface area (Å²) in [6, 6.07) is 10.6. The van der Waals surface area contributed by atoms with Crippen molar-refractivity contribution in [2.75, 3.05) is 7.11 Å². The zero-order chi connectivity index (χ0) is 18.7. The fourth-order valence-electron chi connectivity index (χ4n) is 3.12. The zero-order valence-electron chi connectivity index (χ0n) is 14.9. The Balaban J connectivity index is 1.88. The Kier molecular flexibility index (Phi) is 5.55. The summed E-state index contributed by atoms with van der Waals surface area (Å²) in [6.07, 6.45) is -0.257. The molecule has 0 N–H and O–H groups in total. The Morgan fingerprint density at radius 2 is 2.00 bits per heavy atom. The minimum absolute atomic E-state index is 0.108. The highest BCUT2D eigenvalue weighted by molar-refractivity contribution is 5.73. The van der Waals surface area contributed by atoms with Gasteiger partial charge in [0.25, 0.3) is 6.43 Å². The average Bonchev–Trinajstić information content (AvgIpc) is 3.46. The highest BCUT2D eigenvalue weighted by atomic mass is 19.3. The van der Waals surface area contributed by atoms with Crippen molar-refractivity contribution in [3.63, 3.8) is 0 Å². The minimum atomic E-state index is -2.60. The molecule has 1 saturated carbocycles. The SMILES string of the molecule is COC(=O)Cc1cccc(C2CC2)c1COc1ccc(C)cc1C(F)F. The minimum Gasteiger partial charge on any atom is -0.488 e. The van der Waals surface area contributed by atoms with Gasteiger partial charge in [0.2, 0.25) is 0 Å². The molecule has 26 heavy (non-hydrogen) atoms. The maximum Gasteiger partial charge on any atom is 0.309 e. The van der Waals surface area contributed by atoms with E-state index < -0.39 is 6.43 Å². The second-order valence-electron chi connectivity index (χ2n) is 6.64. The second kappa shape index (κ2) is 7.85. The van der Waals surface area contributed by atoms with Gasteiger partial charge in [-0.25, -0.2) is 8.78 Å². The van der Waals surface area contributed by atoms with E-state index in [1.165, 1.54) is 13.2 Å². The van der Waals surface area contributed by atoms with E-state index in [-0.39, 0.29) is 30.3 Å². The second-order valence-corrected chi connectivity index (χ2v) is 6.64. The molecule has 138 valence electrons. The molecular formula is C21H22F2O3. The number of methoxy groups -OCH3 is 1. The monoisotopic (exact) mass is 360 g/mol. The van der Waals surface area contributed by atoms with Gasteiger partial charge in [0.1, 0.15) is 12.4 Å². The Morgan fingerprint density at radius 3 is 2.65 bits per heavy atom. The van der Waals surface area contributed by atoms with E-state index in [9.17, 15) is 13.6 Å².